The smallest absolute Gasteiger partial charge is 0.422 e. The minimum atomic E-state index is -4.45. The summed E-state index contributed by atoms with van der Waals surface area (Å²) in [4.78, 5) is 28.8. The summed E-state index contributed by atoms with van der Waals surface area (Å²) in [5.41, 5.74) is 6.58. The molecule has 2 amide bonds. The van der Waals surface area contributed by atoms with Crippen LogP contribution >= 0.6 is 0 Å². The molecule has 8 nitrogen and oxygen atoms in total. The molecule has 2 aromatic heterocycles. The molecule has 0 aliphatic carbocycles. The zero-order valence-corrected chi connectivity index (χ0v) is 16.7. The predicted octanol–water partition coefficient (Wildman–Crippen LogP) is 2.18. The van der Waals surface area contributed by atoms with E-state index in [9.17, 15) is 18.0 Å². The van der Waals surface area contributed by atoms with E-state index in [-0.39, 0.29) is 24.1 Å². The Morgan fingerprint density at radius 3 is 2.50 bits per heavy atom. The molecule has 2 aromatic rings. The van der Waals surface area contributed by atoms with Gasteiger partial charge in [0.1, 0.15) is 5.69 Å². The highest BCUT2D eigenvalue weighted by molar-refractivity contribution is 5.92. The highest BCUT2D eigenvalue weighted by atomic mass is 19.4. The van der Waals surface area contributed by atoms with E-state index in [1.54, 1.807) is 19.1 Å². The Morgan fingerprint density at radius 1 is 1.27 bits per heavy atom. The van der Waals surface area contributed by atoms with Gasteiger partial charge in [0.2, 0.25) is 18.2 Å². The number of hydrogen-bond acceptors (Lipinski definition) is 6. The van der Waals surface area contributed by atoms with Crippen molar-refractivity contribution < 1.29 is 32.2 Å². The van der Waals surface area contributed by atoms with E-state index in [1.165, 1.54) is 13.2 Å². The summed E-state index contributed by atoms with van der Waals surface area (Å²) in [5.74, 6) is -0.297. The second-order valence-electron chi connectivity index (χ2n) is 5.90. The van der Waals surface area contributed by atoms with Crippen molar-refractivity contribution in [2.45, 2.75) is 26.4 Å². The molecule has 0 saturated heterocycles. The number of carbonyl (C=O) groups excluding carboxylic acids is 2. The van der Waals surface area contributed by atoms with Crippen LogP contribution in [0.1, 0.15) is 34.2 Å². The molecule has 0 radical (unpaired) electrons. The van der Waals surface area contributed by atoms with Gasteiger partial charge in [-0.05, 0) is 37.6 Å². The maximum absolute atomic E-state index is 12.3. The Kier molecular flexibility index (Phi) is 9.53. The number of methoxy groups -OCH3 is 1. The number of amides is 2. The number of alkyl halides is 3. The topological polar surface area (TPSA) is 116 Å². The van der Waals surface area contributed by atoms with Crippen LogP contribution in [0.3, 0.4) is 0 Å². The van der Waals surface area contributed by atoms with Gasteiger partial charge in [0.15, 0.2) is 6.61 Å². The molecule has 0 spiro atoms. The van der Waals surface area contributed by atoms with Gasteiger partial charge in [-0.25, -0.2) is 4.98 Å². The number of nitrogens with zero attached hydrogens (tertiary/aromatic N) is 2. The first-order chi connectivity index (χ1) is 14.1. The van der Waals surface area contributed by atoms with Crippen molar-refractivity contribution in [2.24, 2.45) is 5.73 Å². The molecule has 0 aliphatic rings. The van der Waals surface area contributed by atoms with Gasteiger partial charge in [-0.2, -0.15) is 18.2 Å². The highest BCUT2D eigenvalue weighted by Gasteiger charge is 2.28. The molecule has 2 rings (SSSR count). The third-order valence-electron chi connectivity index (χ3n) is 3.47. The monoisotopic (exact) mass is 428 g/mol. The fourth-order valence-corrected chi connectivity index (χ4v) is 2.43. The predicted molar refractivity (Wildman–Crippen MR) is 102 cm³/mol. The molecule has 0 atom stereocenters. The van der Waals surface area contributed by atoms with Gasteiger partial charge >= 0.3 is 6.18 Å². The van der Waals surface area contributed by atoms with E-state index in [1.807, 2.05) is 13.0 Å². The van der Waals surface area contributed by atoms with Crippen LogP contribution in [0.4, 0.5) is 13.2 Å². The zero-order chi connectivity index (χ0) is 22.7. The van der Waals surface area contributed by atoms with E-state index in [2.05, 4.69) is 25.8 Å². The van der Waals surface area contributed by atoms with Crippen molar-refractivity contribution in [1.82, 2.24) is 15.3 Å². The van der Waals surface area contributed by atoms with Crippen LogP contribution in [-0.4, -0.2) is 48.7 Å². The average Bonchev–Trinajstić information content (AvgIpc) is 2.67. The van der Waals surface area contributed by atoms with E-state index in [0.717, 1.165) is 5.56 Å². The van der Waals surface area contributed by atoms with Crippen LogP contribution in [0.15, 0.2) is 24.3 Å². The quantitative estimate of drug-likeness (QED) is 0.653. The van der Waals surface area contributed by atoms with Gasteiger partial charge in [0.05, 0.1) is 7.11 Å². The lowest BCUT2D eigenvalue weighted by atomic mass is 10.0. The molecule has 164 valence electrons. The van der Waals surface area contributed by atoms with Gasteiger partial charge in [-0.15, -0.1) is 0 Å². The minimum Gasteiger partial charge on any atom is -0.481 e. The van der Waals surface area contributed by atoms with Crippen molar-refractivity contribution in [1.29, 1.82) is 0 Å². The number of primary amides is 1. The number of nitrogens with one attached hydrogen (secondary N) is 1. The van der Waals surface area contributed by atoms with Crippen molar-refractivity contribution in [2.75, 3.05) is 20.3 Å². The molecule has 0 aromatic carbocycles. The van der Waals surface area contributed by atoms with Gasteiger partial charge in [-0.1, -0.05) is 0 Å². The van der Waals surface area contributed by atoms with E-state index in [4.69, 9.17) is 9.53 Å². The van der Waals surface area contributed by atoms with Gasteiger partial charge in [0.25, 0.3) is 5.91 Å². The Bertz CT molecular complexity index is 860. The Labute approximate surface area is 171 Å². The molecule has 11 heteroatoms. The van der Waals surface area contributed by atoms with E-state index >= 15 is 0 Å². The molecule has 2 heterocycles. The number of ether oxygens (including phenoxy) is 2. The lowest BCUT2D eigenvalue weighted by Crippen LogP contribution is -2.24. The molecule has 3 N–H and O–H groups in total. The molecular weight excluding hydrogens is 405 g/mol. The maximum Gasteiger partial charge on any atom is 0.422 e. The summed E-state index contributed by atoms with van der Waals surface area (Å²) < 4.78 is 46.6. The third kappa shape index (κ3) is 8.33. The fourth-order valence-electron chi connectivity index (χ4n) is 2.43. The van der Waals surface area contributed by atoms with Crippen LogP contribution in [0.25, 0.3) is 0 Å². The molecule has 0 unspecified atom stereocenters. The number of hydrogen-bond donors (Lipinski definition) is 2. The zero-order valence-electron chi connectivity index (χ0n) is 16.7. The highest BCUT2D eigenvalue weighted by Crippen LogP contribution is 2.24. The van der Waals surface area contributed by atoms with Crippen LogP contribution in [0.2, 0.25) is 0 Å². The molecule has 0 bridgehead atoms. The van der Waals surface area contributed by atoms with Gasteiger partial charge < -0.3 is 20.5 Å². The first kappa shape index (κ1) is 24.7. The molecule has 0 aliphatic heterocycles. The van der Waals surface area contributed by atoms with Crippen LogP contribution < -0.4 is 20.5 Å². The lowest BCUT2D eigenvalue weighted by molar-refractivity contribution is -0.154. The Balaban J connectivity index is 0.00000141. The normalized spacial score (nSPS) is 10.5. The number of nitrogens with two attached hydrogens (primary N) is 1. The largest absolute Gasteiger partial charge is 0.481 e. The van der Waals surface area contributed by atoms with Crippen LogP contribution in [0, 0.1) is 6.92 Å². The van der Waals surface area contributed by atoms with Crippen LogP contribution in [-0.2, 0) is 11.2 Å². The number of aryl methyl sites for hydroxylation is 1. The number of carbonyl (C=O) groups is 2. The summed E-state index contributed by atoms with van der Waals surface area (Å²) in [7, 11) is 1.37. The minimum absolute atomic E-state index is 0.156. The standard InChI is InChI=1S/C18H20F3N3O3.CH3NO/c1-4-22-16(25)14-9-12(7-11(2)23-14)8-13-5-6-15(24-17(13)26-3)27-10-18(19,20)21;2-1-3/h5-7,9H,4,8,10H2,1-3H3,(H,22,25);1H,(H2,2,3). The van der Waals surface area contributed by atoms with E-state index in [0.29, 0.717) is 29.9 Å². The Hall–Kier alpha value is -3.37. The second kappa shape index (κ2) is 11.6. The summed E-state index contributed by atoms with van der Waals surface area (Å²) in [6.45, 7) is 2.65. The van der Waals surface area contributed by atoms with Crippen LogP contribution in [0.5, 0.6) is 11.8 Å². The number of aromatic nitrogens is 2. The number of halogens is 3. The molecule has 30 heavy (non-hydrogen) atoms. The molecular formula is C19H23F3N4O4. The third-order valence-corrected chi connectivity index (χ3v) is 3.47. The molecule has 0 fully saturated rings. The van der Waals surface area contributed by atoms with Crippen molar-refractivity contribution in [3.05, 3.63) is 46.8 Å². The summed E-state index contributed by atoms with van der Waals surface area (Å²) in [5, 5.41) is 2.69. The second-order valence-corrected chi connectivity index (χ2v) is 5.90. The number of rotatable bonds is 7. The summed E-state index contributed by atoms with van der Waals surface area (Å²) in [6, 6.07) is 6.41. The van der Waals surface area contributed by atoms with Crippen molar-refractivity contribution in [3.8, 4) is 11.8 Å². The fraction of sp³-hybridized carbons (Fsp3) is 0.368. The van der Waals surface area contributed by atoms with Crippen molar-refractivity contribution in [3.63, 3.8) is 0 Å². The Morgan fingerprint density at radius 2 is 1.93 bits per heavy atom. The molecule has 0 saturated carbocycles. The van der Waals surface area contributed by atoms with Gasteiger partial charge in [-0.3, -0.25) is 9.59 Å². The SMILES string of the molecule is CCNC(=O)c1cc(Cc2ccc(OCC(F)(F)F)nc2OC)cc(C)n1.NC=O. The van der Waals surface area contributed by atoms with Crippen molar-refractivity contribution >= 4 is 12.3 Å². The number of pyridine rings is 2. The van der Waals surface area contributed by atoms with E-state index < -0.39 is 12.8 Å². The first-order valence-corrected chi connectivity index (χ1v) is 8.78. The average molecular weight is 428 g/mol. The summed E-state index contributed by atoms with van der Waals surface area (Å²) >= 11 is 0. The van der Waals surface area contributed by atoms with Gasteiger partial charge in [0, 0.05) is 30.3 Å². The lowest BCUT2D eigenvalue weighted by Gasteiger charge is -2.12. The summed E-state index contributed by atoms with van der Waals surface area (Å²) in [6.07, 6.45) is -3.83. The maximum atomic E-state index is 12.3. The first-order valence-electron chi connectivity index (χ1n) is 8.78.